The van der Waals surface area contributed by atoms with Crippen molar-refractivity contribution in [2.45, 2.75) is 32.2 Å². The van der Waals surface area contributed by atoms with Crippen molar-refractivity contribution in [3.8, 4) is 5.75 Å². The highest BCUT2D eigenvalue weighted by atomic mass is 32.1. The lowest BCUT2D eigenvalue weighted by Gasteiger charge is -2.35. The molecule has 2 heterocycles. The van der Waals surface area contributed by atoms with Gasteiger partial charge in [0.25, 0.3) is 0 Å². The average molecular weight is 401 g/mol. The molecule has 2 aromatic rings. The van der Waals surface area contributed by atoms with Gasteiger partial charge in [0.05, 0.1) is 25.0 Å². The third kappa shape index (κ3) is 5.13. The average Bonchev–Trinajstić information content (AvgIpc) is 3.28. The van der Waals surface area contributed by atoms with Crippen molar-refractivity contribution in [1.29, 1.82) is 0 Å². The van der Waals surface area contributed by atoms with Crippen LogP contribution in [0.5, 0.6) is 5.75 Å². The van der Waals surface area contributed by atoms with Gasteiger partial charge in [-0.15, -0.1) is 11.3 Å². The quantitative estimate of drug-likeness (QED) is 0.706. The molecule has 1 saturated heterocycles. The van der Waals surface area contributed by atoms with Gasteiger partial charge in [0.15, 0.2) is 0 Å². The third-order valence-corrected chi connectivity index (χ3v) is 6.38. The Labute approximate surface area is 170 Å². The van der Waals surface area contributed by atoms with Crippen LogP contribution in [0.4, 0.5) is 0 Å². The van der Waals surface area contributed by atoms with Crippen molar-refractivity contribution in [3.63, 3.8) is 0 Å². The van der Waals surface area contributed by atoms with Gasteiger partial charge in [-0.1, -0.05) is 24.3 Å². The summed E-state index contributed by atoms with van der Waals surface area (Å²) in [7, 11) is 1.86. The molecule has 0 aliphatic carbocycles. The number of para-hydroxylation sites is 1. The van der Waals surface area contributed by atoms with Crippen LogP contribution in [-0.4, -0.2) is 48.4 Å². The van der Waals surface area contributed by atoms with Crippen LogP contribution in [0, 0.1) is 5.92 Å². The Morgan fingerprint density at radius 3 is 2.75 bits per heavy atom. The number of hydrogen-bond acceptors (Lipinski definition) is 4. The second-order valence-electron chi connectivity index (χ2n) is 7.23. The van der Waals surface area contributed by atoms with Gasteiger partial charge in [0.1, 0.15) is 5.75 Å². The molecule has 2 amide bonds. The molecule has 5 nitrogen and oxygen atoms in total. The molecule has 1 aliphatic rings. The van der Waals surface area contributed by atoms with Crippen LogP contribution in [0.15, 0.2) is 47.8 Å². The first-order valence-electron chi connectivity index (χ1n) is 9.82. The Hall–Kier alpha value is -2.34. The van der Waals surface area contributed by atoms with E-state index < -0.39 is 0 Å². The molecular formula is C22H28N2O3S. The van der Waals surface area contributed by atoms with Gasteiger partial charge in [-0.2, -0.15) is 0 Å². The molecule has 1 aromatic carbocycles. The Kier molecular flexibility index (Phi) is 7.09. The van der Waals surface area contributed by atoms with E-state index >= 15 is 0 Å². The number of ether oxygens (including phenoxy) is 1. The predicted octanol–water partition coefficient (Wildman–Crippen LogP) is 3.98. The lowest BCUT2D eigenvalue weighted by Crippen LogP contribution is -2.46. The molecule has 0 bridgehead atoms. The Morgan fingerprint density at radius 2 is 2.04 bits per heavy atom. The second-order valence-corrected chi connectivity index (χ2v) is 8.21. The molecule has 3 rings (SSSR count). The summed E-state index contributed by atoms with van der Waals surface area (Å²) < 4.78 is 5.63. The van der Waals surface area contributed by atoms with Crippen LogP contribution in [0.1, 0.15) is 37.1 Å². The van der Waals surface area contributed by atoms with Gasteiger partial charge >= 0.3 is 0 Å². The highest BCUT2D eigenvalue weighted by Crippen LogP contribution is 2.27. The zero-order valence-corrected chi connectivity index (χ0v) is 17.4. The van der Waals surface area contributed by atoms with Gasteiger partial charge in [0, 0.05) is 25.0 Å². The van der Waals surface area contributed by atoms with E-state index in [0.717, 1.165) is 25.1 Å². The summed E-state index contributed by atoms with van der Waals surface area (Å²) in [6.45, 7) is 3.63. The summed E-state index contributed by atoms with van der Waals surface area (Å²) in [5.41, 5.74) is 0. The first-order valence-corrected chi connectivity index (χ1v) is 10.7. The maximum atomic E-state index is 13.0. The largest absolute Gasteiger partial charge is 0.493 e. The molecule has 0 radical (unpaired) electrons. The van der Waals surface area contributed by atoms with Crippen LogP contribution in [-0.2, 0) is 9.59 Å². The highest BCUT2D eigenvalue weighted by Gasteiger charge is 2.31. The predicted molar refractivity (Wildman–Crippen MR) is 111 cm³/mol. The Bertz CT molecular complexity index is 763. The molecule has 6 heteroatoms. The monoisotopic (exact) mass is 400 g/mol. The number of rotatable bonds is 7. The zero-order valence-electron chi connectivity index (χ0n) is 16.5. The summed E-state index contributed by atoms with van der Waals surface area (Å²) in [5, 5.41) is 2.03. The maximum Gasteiger partial charge on any atom is 0.227 e. The standard InChI is InChI=1S/C22H28N2O3S/c1-17(20-11-7-15-28-20)23(2)22(26)18-8-6-13-24(16-18)21(25)12-14-27-19-9-4-3-5-10-19/h3-5,7,9-11,15,17-18H,6,8,12-14,16H2,1-2H3. The van der Waals surface area contributed by atoms with Crippen LogP contribution in [0.3, 0.4) is 0 Å². The molecule has 0 N–H and O–H groups in total. The molecule has 2 atom stereocenters. The number of benzene rings is 1. The smallest absolute Gasteiger partial charge is 0.227 e. The van der Waals surface area contributed by atoms with Crippen LogP contribution in [0.2, 0.25) is 0 Å². The minimum atomic E-state index is -0.125. The number of carbonyl (C=O) groups is 2. The Morgan fingerprint density at radius 1 is 1.25 bits per heavy atom. The maximum absolute atomic E-state index is 13.0. The normalized spacial score (nSPS) is 17.8. The summed E-state index contributed by atoms with van der Waals surface area (Å²) >= 11 is 1.66. The molecule has 2 unspecified atom stereocenters. The lowest BCUT2D eigenvalue weighted by molar-refractivity contribution is -0.141. The molecule has 150 valence electrons. The molecular weight excluding hydrogens is 372 g/mol. The Balaban J connectivity index is 1.50. The number of likely N-dealkylation sites (tertiary alicyclic amines) is 1. The lowest BCUT2D eigenvalue weighted by atomic mass is 9.95. The van der Waals surface area contributed by atoms with Gasteiger partial charge in [-0.25, -0.2) is 0 Å². The van der Waals surface area contributed by atoms with Crippen LogP contribution in [0.25, 0.3) is 0 Å². The number of carbonyl (C=O) groups excluding carboxylic acids is 2. The minimum absolute atomic E-state index is 0.0536. The van der Waals surface area contributed by atoms with Gasteiger partial charge in [-0.3, -0.25) is 9.59 Å². The fraction of sp³-hybridized carbons (Fsp3) is 0.455. The number of nitrogens with zero attached hydrogens (tertiary/aromatic N) is 2. The fourth-order valence-electron chi connectivity index (χ4n) is 3.53. The SMILES string of the molecule is CC(c1cccs1)N(C)C(=O)C1CCCN(C(=O)CCOc2ccccc2)C1. The van der Waals surface area contributed by atoms with Gasteiger partial charge in [0.2, 0.25) is 11.8 Å². The van der Waals surface area contributed by atoms with Crippen molar-refractivity contribution < 1.29 is 14.3 Å². The van der Waals surface area contributed by atoms with E-state index in [1.807, 2.05) is 58.6 Å². The molecule has 0 spiro atoms. The van der Waals surface area contributed by atoms with Crippen LogP contribution >= 0.6 is 11.3 Å². The summed E-state index contributed by atoms with van der Waals surface area (Å²) in [4.78, 5) is 30.4. The molecule has 0 saturated carbocycles. The van der Waals surface area contributed by atoms with E-state index in [9.17, 15) is 9.59 Å². The number of amides is 2. The summed E-state index contributed by atoms with van der Waals surface area (Å²) in [6, 6.07) is 13.6. The fourth-order valence-corrected chi connectivity index (χ4v) is 4.36. The summed E-state index contributed by atoms with van der Waals surface area (Å²) in [5.74, 6) is 0.827. The second kappa shape index (κ2) is 9.73. The molecule has 28 heavy (non-hydrogen) atoms. The van der Waals surface area contributed by atoms with Gasteiger partial charge in [-0.05, 0) is 43.3 Å². The van der Waals surface area contributed by atoms with Crippen LogP contribution < -0.4 is 4.74 Å². The first-order chi connectivity index (χ1) is 13.6. The van der Waals surface area contributed by atoms with Gasteiger partial charge < -0.3 is 14.5 Å². The molecule has 1 aromatic heterocycles. The molecule has 1 fully saturated rings. The van der Waals surface area contributed by atoms with Crippen molar-refractivity contribution in [3.05, 3.63) is 52.7 Å². The molecule has 1 aliphatic heterocycles. The van der Waals surface area contributed by atoms with Crippen molar-refractivity contribution in [2.24, 2.45) is 5.92 Å². The summed E-state index contributed by atoms with van der Waals surface area (Å²) in [6.07, 6.45) is 2.03. The van der Waals surface area contributed by atoms with E-state index in [0.29, 0.717) is 19.6 Å². The zero-order chi connectivity index (χ0) is 19.9. The van der Waals surface area contributed by atoms with E-state index in [1.54, 1.807) is 11.3 Å². The first kappa shape index (κ1) is 20.4. The topological polar surface area (TPSA) is 49.9 Å². The van der Waals surface area contributed by atoms with E-state index in [2.05, 4.69) is 13.0 Å². The highest BCUT2D eigenvalue weighted by molar-refractivity contribution is 7.10. The van der Waals surface area contributed by atoms with Crippen molar-refractivity contribution in [2.75, 3.05) is 26.7 Å². The number of piperidine rings is 1. The van der Waals surface area contributed by atoms with E-state index in [-0.39, 0.29) is 23.8 Å². The third-order valence-electron chi connectivity index (χ3n) is 5.33. The van der Waals surface area contributed by atoms with E-state index in [4.69, 9.17) is 4.74 Å². The minimum Gasteiger partial charge on any atom is -0.493 e. The van der Waals surface area contributed by atoms with E-state index in [1.165, 1.54) is 4.88 Å². The number of hydrogen-bond donors (Lipinski definition) is 0. The van der Waals surface area contributed by atoms with Crippen molar-refractivity contribution >= 4 is 23.2 Å². The number of thiophene rings is 1. The van der Waals surface area contributed by atoms with Crippen molar-refractivity contribution in [1.82, 2.24) is 9.80 Å².